The van der Waals surface area contributed by atoms with Gasteiger partial charge in [-0.15, -0.1) is 11.3 Å². The van der Waals surface area contributed by atoms with Crippen LogP contribution < -0.4 is 5.32 Å². The van der Waals surface area contributed by atoms with Crippen molar-refractivity contribution in [1.29, 1.82) is 0 Å². The van der Waals surface area contributed by atoms with Crippen molar-refractivity contribution in [3.05, 3.63) is 75.1 Å². The molecule has 0 fully saturated rings. The molecule has 31 heavy (non-hydrogen) atoms. The molecule has 1 atom stereocenters. The van der Waals surface area contributed by atoms with E-state index in [1.165, 1.54) is 5.56 Å². The minimum atomic E-state index is -0.190. The lowest BCUT2D eigenvalue weighted by atomic mass is 9.90. The number of amides is 1. The van der Waals surface area contributed by atoms with Crippen molar-refractivity contribution in [3.63, 3.8) is 0 Å². The van der Waals surface area contributed by atoms with Crippen molar-refractivity contribution in [2.75, 3.05) is 0 Å². The Kier molecular flexibility index (Phi) is 4.86. The number of fused-ring (bicyclic) bond motifs is 3. The zero-order valence-electron chi connectivity index (χ0n) is 17.6. The predicted octanol–water partition coefficient (Wildman–Crippen LogP) is 3.99. The molecular weight excluding hydrogens is 408 g/mol. The fraction of sp³-hybridized carbons (Fsp3) is 0.261. The number of rotatable bonds is 4. The summed E-state index contributed by atoms with van der Waals surface area (Å²) in [4.78, 5) is 26.7. The van der Waals surface area contributed by atoms with E-state index in [0.717, 1.165) is 40.4 Å². The maximum Gasteiger partial charge on any atom is 0.255 e. The first-order chi connectivity index (χ1) is 15.0. The number of nitrogens with one attached hydrogen (secondary N) is 1. The Morgan fingerprint density at radius 3 is 2.74 bits per heavy atom. The van der Waals surface area contributed by atoms with Crippen LogP contribution >= 0.6 is 11.3 Å². The minimum absolute atomic E-state index is 0.184. The third kappa shape index (κ3) is 3.53. The van der Waals surface area contributed by atoms with Crippen molar-refractivity contribution in [2.24, 2.45) is 0 Å². The van der Waals surface area contributed by atoms with Crippen molar-refractivity contribution >= 4 is 17.2 Å². The van der Waals surface area contributed by atoms with E-state index in [-0.39, 0.29) is 11.9 Å². The second-order valence-corrected chi connectivity index (χ2v) is 8.81. The molecule has 0 unspecified atom stereocenters. The molecule has 1 aliphatic carbocycles. The number of aromatic nitrogens is 5. The Morgan fingerprint density at radius 1 is 1.13 bits per heavy atom. The van der Waals surface area contributed by atoms with Gasteiger partial charge in [0.05, 0.1) is 39.9 Å². The summed E-state index contributed by atoms with van der Waals surface area (Å²) >= 11 is 1.57. The summed E-state index contributed by atoms with van der Waals surface area (Å²) in [5.74, 6) is 0.278. The molecule has 7 nitrogen and oxygen atoms in total. The smallest absolute Gasteiger partial charge is 0.255 e. The number of carbonyl (C=O) groups is 1. The molecule has 1 amide bonds. The van der Waals surface area contributed by atoms with Crippen LogP contribution in [0.2, 0.25) is 0 Å². The summed E-state index contributed by atoms with van der Waals surface area (Å²) in [5.41, 5.74) is 6.57. The molecule has 0 aliphatic heterocycles. The van der Waals surface area contributed by atoms with Gasteiger partial charge in [-0.25, -0.2) is 19.6 Å². The monoisotopic (exact) mass is 430 g/mol. The standard InChI is InChI=1S/C23H22N6OS/c1-13(20-12-31-15(3)27-20)26-22(30)19-11-25-29(14(19)2)23-24-10-17-9-8-16-6-4-5-7-18(16)21(17)28-23/h4-7,10-13H,8-9H2,1-3H3,(H,26,30)/t13-/m1/s1. The van der Waals surface area contributed by atoms with Crippen LogP contribution in [-0.4, -0.2) is 30.6 Å². The van der Waals surface area contributed by atoms with Gasteiger partial charge in [-0.05, 0) is 44.7 Å². The third-order valence-electron chi connectivity index (χ3n) is 5.66. The molecule has 3 heterocycles. The summed E-state index contributed by atoms with van der Waals surface area (Å²) in [6.45, 7) is 5.74. The summed E-state index contributed by atoms with van der Waals surface area (Å²) in [6, 6.07) is 8.15. The molecule has 0 bridgehead atoms. The molecule has 1 N–H and O–H groups in total. The highest BCUT2D eigenvalue weighted by Gasteiger charge is 2.22. The van der Waals surface area contributed by atoms with Gasteiger partial charge in [-0.3, -0.25) is 4.79 Å². The quantitative estimate of drug-likeness (QED) is 0.529. The minimum Gasteiger partial charge on any atom is -0.344 e. The number of hydrogen-bond acceptors (Lipinski definition) is 6. The van der Waals surface area contributed by atoms with Gasteiger partial charge in [0.1, 0.15) is 0 Å². The highest BCUT2D eigenvalue weighted by atomic mass is 32.1. The molecule has 3 aromatic heterocycles. The van der Waals surface area contributed by atoms with Gasteiger partial charge in [-0.1, -0.05) is 24.3 Å². The van der Waals surface area contributed by atoms with Crippen molar-refractivity contribution < 1.29 is 4.79 Å². The van der Waals surface area contributed by atoms with Crippen LogP contribution in [0.4, 0.5) is 0 Å². The summed E-state index contributed by atoms with van der Waals surface area (Å²) in [7, 11) is 0. The lowest BCUT2D eigenvalue weighted by Gasteiger charge is -2.19. The Balaban J connectivity index is 1.44. The van der Waals surface area contributed by atoms with Crippen LogP contribution in [0, 0.1) is 13.8 Å². The van der Waals surface area contributed by atoms with Gasteiger partial charge in [0, 0.05) is 17.1 Å². The average Bonchev–Trinajstić information content (AvgIpc) is 3.39. The molecule has 0 saturated carbocycles. The number of thiazole rings is 1. The summed E-state index contributed by atoms with van der Waals surface area (Å²) in [5, 5.41) is 10.4. The van der Waals surface area contributed by atoms with Gasteiger partial charge < -0.3 is 5.32 Å². The van der Waals surface area contributed by atoms with Gasteiger partial charge in [0.25, 0.3) is 11.9 Å². The van der Waals surface area contributed by atoms with E-state index >= 15 is 0 Å². The van der Waals surface area contributed by atoms with E-state index < -0.39 is 0 Å². The number of carbonyl (C=O) groups excluding carboxylic acids is 1. The molecule has 0 radical (unpaired) electrons. The zero-order chi connectivity index (χ0) is 21.5. The zero-order valence-corrected chi connectivity index (χ0v) is 18.4. The Labute approximate surface area is 184 Å². The van der Waals surface area contributed by atoms with E-state index in [1.807, 2.05) is 38.4 Å². The highest BCUT2D eigenvalue weighted by Crippen LogP contribution is 2.31. The van der Waals surface area contributed by atoms with E-state index in [9.17, 15) is 4.79 Å². The van der Waals surface area contributed by atoms with Crippen LogP contribution in [0.15, 0.2) is 42.0 Å². The van der Waals surface area contributed by atoms with Crippen LogP contribution in [0.25, 0.3) is 17.2 Å². The molecule has 156 valence electrons. The number of nitrogens with zero attached hydrogens (tertiary/aromatic N) is 5. The van der Waals surface area contributed by atoms with Crippen LogP contribution in [-0.2, 0) is 12.8 Å². The van der Waals surface area contributed by atoms with E-state index in [2.05, 4.69) is 38.6 Å². The van der Waals surface area contributed by atoms with Crippen molar-refractivity contribution in [3.8, 4) is 17.2 Å². The first kappa shape index (κ1) is 19.6. The number of benzene rings is 1. The molecule has 8 heteroatoms. The SMILES string of the molecule is Cc1nc([C@@H](C)NC(=O)c2cnn(-c3ncc4c(n3)-c3ccccc3CC4)c2C)cs1. The third-order valence-corrected chi connectivity index (χ3v) is 6.45. The maximum absolute atomic E-state index is 12.9. The van der Waals surface area contributed by atoms with Gasteiger partial charge in [-0.2, -0.15) is 5.10 Å². The van der Waals surface area contributed by atoms with E-state index in [1.54, 1.807) is 22.2 Å². The summed E-state index contributed by atoms with van der Waals surface area (Å²) < 4.78 is 1.63. The topological polar surface area (TPSA) is 85.6 Å². The van der Waals surface area contributed by atoms with Gasteiger partial charge in [0.15, 0.2) is 0 Å². The Hall–Kier alpha value is -3.39. The summed E-state index contributed by atoms with van der Waals surface area (Å²) in [6.07, 6.45) is 5.36. The molecular formula is C23H22N6OS. The molecule has 5 rings (SSSR count). The largest absolute Gasteiger partial charge is 0.344 e. The second-order valence-electron chi connectivity index (χ2n) is 7.74. The number of hydrogen-bond donors (Lipinski definition) is 1. The fourth-order valence-corrected chi connectivity index (χ4v) is 4.62. The van der Waals surface area contributed by atoms with Crippen LogP contribution in [0.5, 0.6) is 0 Å². The maximum atomic E-state index is 12.9. The van der Waals surface area contributed by atoms with Crippen molar-refractivity contribution in [2.45, 2.75) is 39.7 Å². The second kappa shape index (κ2) is 7.70. The lowest BCUT2D eigenvalue weighted by Crippen LogP contribution is -2.27. The van der Waals surface area contributed by atoms with Crippen LogP contribution in [0.3, 0.4) is 0 Å². The molecule has 4 aromatic rings. The lowest BCUT2D eigenvalue weighted by molar-refractivity contribution is 0.0938. The van der Waals surface area contributed by atoms with Crippen LogP contribution in [0.1, 0.15) is 50.8 Å². The van der Waals surface area contributed by atoms with E-state index in [0.29, 0.717) is 17.2 Å². The number of aryl methyl sites for hydroxylation is 3. The Bertz CT molecular complexity index is 1290. The molecule has 0 saturated heterocycles. The highest BCUT2D eigenvalue weighted by molar-refractivity contribution is 7.09. The first-order valence-electron chi connectivity index (χ1n) is 10.2. The van der Waals surface area contributed by atoms with Gasteiger partial charge in [0.2, 0.25) is 0 Å². The fourth-order valence-electron chi connectivity index (χ4n) is 3.92. The van der Waals surface area contributed by atoms with Crippen molar-refractivity contribution in [1.82, 2.24) is 30.0 Å². The molecule has 0 spiro atoms. The van der Waals surface area contributed by atoms with E-state index in [4.69, 9.17) is 4.98 Å². The normalized spacial score (nSPS) is 13.4. The molecule has 1 aliphatic rings. The average molecular weight is 431 g/mol. The molecule has 1 aromatic carbocycles. The first-order valence-corrected chi connectivity index (χ1v) is 11.1. The predicted molar refractivity (Wildman–Crippen MR) is 119 cm³/mol. The Morgan fingerprint density at radius 2 is 1.94 bits per heavy atom. The van der Waals surface area contributed by atoms with Gasteiger partial charge >= 0.3 is 0 Å².